The minimum Gasteiger partial charge on any atom is -0.332 e. The zero-order valence-electron chi connectivity index (χ0n) is 13.1. The Kier molecular flexibility index (Phi) is 6.61. The number of carbonyl (C=O) groups is 2. The fourth-order valence-corrected chi connectivity index (χ4v) is 3.72. The Morgan fingerprint density at radius 3 is 2.83 bits per heavy atom. The number of imide groups is 1. The quantitative estimate of drug-likeness (QED) is 0.569. The second-order valence-electron chi connectivity index (χ2n) is 5.36. The van der Waals surface area contributed by atoms with Crippen LogP contribution in [-0.2, 0) is 4.79 Å². The van der Waals surface area contributed by atoms with E-state index in [9.17, 15) is 9.59 Å². The standard InChI is InChI=1S/C14H20Cl2N4O2S/c1-9(16)5-7-20-10-11(19(2)13(22)18-12(10)21)17-14(20)23-8-4-3-6-15/h5,10-11H,3-4,6-8H2,1-2H3,(H,18,21,22)/b9-5+. The van der Waals surface area contributed by atoms with Gasteiger partial charge in [0, 0.05) is 30.3 Å². The van der Waals surface area contributed by atoms with Crippen LogP contribution in [0.1, 0.15) is 19.8 Å². The molecule has 0 aromatic carbocycles. The molecule has 0 aromatic rings. The van der Waals surface area contributed by atoms with Crippen molar-refractivity contribution in [3.63, 3.8) is 0 Å². The van der Waals surface area contributed by atoms with Crippen molar-refractivity contribution in [3.8, 4) is 0 Å². The number of fused-ring (bicyclic) bond motifs is 1. The molecule has 2 aliphatic rings. The highest BCUT2D eigenvalue weighted by Gasteiger charge is 2.48. The third kappa shape index (κ3) is 4.33. The summed E-state index contributed by atoms with van der Waals surface area (Å²) in [6.45, 7) is 2.27. The van der Waals surface area contributed by atoms with Crippen molar-refractivity contribution in [2.75, 3.05) is 25.2 Å². The lowest BCUT2D eigenvalue weighted by molar-refractivity contribution is -0.126. The normalized spacial score (nSPS) is 24.7. The Morgan fingerprint density at radius 2 is 2.17 bits per heavy atom. The predicted molar refractivity (Wildman–Crippen MR) is 95.0 cm³/mol. The Bertz CT molecular complexity index is 537. The molecule has 9 heteroatoms. The van der Waals surface area contributed by atoms with E-state index in [0.29, 0.717) is 17.5 Å². The van der Waals surface area contributed by atoms with Gasteiger partial charge in [-0.05, 0) is 19.8 Å². The predicted octanol–water partition coefficient (Wildman–Crippen LogP) is 2.43. The number of thioether (sulfide) groups is 1. The molecule has 0 aliphatic carbocycles. The molecule has 23 heavy (non-hydrogen) atoms. The number of carbonyl (C=O) groups excluding carboxylic acids is 2. The first-order valence-electron chi connectivity index (χ1n) is 7.39. The van der Waals surface area contributed by atoms with Crippen molar-refractivity contribution in [2.24, 2.45) is 4.99 Å². The molecule has 0 spiro atoms. The second-order valence-corrected chi connectivity index (χ2v) is 7.40. The summed E-state index contributed by atoms with van der Waals surface area (Å²) in [6, 6.07) is -0.933. The van der Waals surface area contributed by atoms with E-state index in [4.69, 9.17) is 23.2 Å². The van der Waals surface area contributed by atoms with E-state index in [2.05, 4.69) is 10.3 Å². The highest BCUT2D eigenvalue weighted by Crippen LogP contribution is 2.29. The van der Waals surface area contributed by atoms with E-state index >= 15 is 0 Å². The van der Waals surface area contributed by atoms with Gasteiger partial charge >= 0.3 is 6.03 Å². The van der Waals surface area contributed by atoms with Gasteiger partial charge < -0.3 is 9.80 Å². The molecule has 0 saturated carbocycles. The summed E-state index contributed by atoms with van der Waals surface area (Å²) < 4.78 is 0. The summed E-state index contributed by atoms with van der Waals surface area (Å²) >= 11 is 13.2. The lowest BCUT2D eigenvalue weighted by atomic mass is 10.1. The average molecular weight is 379 g/mol. The largest absolute Gasteiger partial charge is 0.332 e. The van der Waals surface area contributed by atoms with Gasteiger partial charge in [-0.2, -0.15) is 0 Å². The lowest BCUT2D eigenvalue weighted by Crippen LogP contribution is -2.63. The van der Waals surface area contributed by atoms with E-state index in [-0.39, 0.29) is 5.91 Å². The van der Waals surface area contributed by atoms with E-state index in [0.717, 1.165) is 23.8 Å². The maximum absolute atomic E-state index is 12.3. The van der Waals surface area contributed by atoms with Crippen molar-refractivity contribution in [1.29, 1.82) is 0 Å². The van der Waals surface area contributed by atoms with E-state index in [1.165, 1.54) is 4.90 Å². The van der Waals surface area contributed by atoms with E-state index in [1.54, 1.807) is 25.7 Å². The molecule has 2 aliphatic heterocycles. The number of unbranched alkanes of at least 4 members (excludes halogenated alkanes) is 1. The Balaban J connectivity index is 2.16. The van der Waals surface area contributed by atoms with Crippen molar-refractivity contribution < 1.29 is 9.59 Å². The van der Waals surface area contributed by atoms with E-state index in [1.807, 2.05) is 11.0 Å². The number of urea groups is 1. The maximum atomic E-state index is 12.3. The number of hydrogen-bond donors (Lipinski definition) is 1. The SMILES string of the molecule is C/C(Cl)=C\CN1C(SCCCCCl)=NC2C1C(=O)NC(=O)N2C. The summed E-state index contributed by atoms with van der Waals surface area (Å²) in [5, 5.41) is 3.79. The number of nitrogens with zero attached hydrogens (tertiary/aromatic N) is 3. The zero-order chi connectivity index (χ0) is 17.0. The Labute approximate surface area is 150 Å². The first-order valence-corrected chi connectivity index (χ1v) is 9.28. The van der Waals surface area contributed by atoms with Gasteiger partial charge in [0.1, 0.15) is 0 Å². The minimum atomic E-state index is -0.513. The number of halogens is 2. The van der Waals surface area contributed by atoms with E-state index < -0.39 is 18.2 Å². The molecule has 0 bridgehead atoms. The van der Waals surface area contributed by atoms with Crippen LogP contribution in [0.15, 0.2) is 16.1 Å². The summed E-state index contributed by atoms with van der Waals surface area (Å²) in [5.41, 5.74) is 0. The van der Waals surface area contributed by atoms with Gasteiger partial charge in [0.2, 0.25) is 0 Å². The van der Waals surface area contributed by atoms with Gasteiger partial charge in [0.15, 0.2) is 17.4 Å². The number of amides is 3. The summed E-state index contributed by atoms with van der Waals surface area (Å²) in [5.74, 6) is 1.18. The van der Waals surface area contributed by atoms with Gasteiger partial charge in [0.25, 0.3) is 5.91 Å². The van der Waals surface area contributed by atoms with Crippen molar-refractivity contribution in [2.45, 2.75) is 32.0 Å². The number of nitrogens with one attached hydrogen (secondary N) is 1. The third-order valence-electron chi connectivity index (χ3n) is 3.65. The smallest absolute Gasteiger partial charge is 0.325 e. The summed E-state index contributed by atoms with van der Waals surface area (Å²) in [6.07, 6.45) is 3.26. The summed E-state index contributed by atoms with van der Waals surface area (Å²) in [7, 11) is 1.64. The zero-order valence-corrected chi connectivity index (χ0v) is 15.4. The average Bonchev–Trinajstić information content (AvgIpc) is 2.86. The third-order valence-corrected chi connectivity index (χ3v) is 5.16. The van der Waals surface area contributed by atoms with Crippen molar-refractivity contribution in [1.82, 2.24) is 15.1 Å². The van der Waals surface area contributed by atoms with Crippen LogP contribution in [0, 0.1) is 0 Å². The van der Waals surface area contributed by atoms with Crippen LogP contribution in [0.25, 0.3) is 0 Å². The Morgan fingerprint density at radius 1 is 1.43 bits per heavy atom. The van der Waals surface area contributed by atoms with Gasteiger partial charge in [-0.3, -0.25) is 10.1 Å². The number of alkyl halides is 1. The van der Waals surface area contributed by atoms with Crippen LogP contribution >= 0.6 is 35.0 Å². The molecule has 0 radical (unpaired) electrons. The molecule has 1 saturated heterocycles. The molecule has 2 heterocycles. The first-order chi connectivity index (χ1) is 11.0. The summed E-state index contributed by atoms with van der Waals surface area (Å²) in [4.78, 5) is 32.0. The number of allylic oxidation sites excluding steroid dienone is 1. The fourth-order valence-electron chi connectivity index (χ4n) is 2.40. The van der Waals surface area contributed by atoms with Gasteiger partial charge in [-0.25, -0.2) is 9.79 Å². The van der Waals surface area contributed by atoms with Crippen LogP contribution in [0.2, 0.25) is 0 Å². The van der Waals surface area contributed by atoms with Gasteiger partial charge in [-0.1, -0.05) is 29.4 Å². The van der Waals surface area contributed by atoms with Crippen LogP contribution in [0.4, 0.5) is 4.79 Å². The van der Waals surface area contributed by atoms with Crippen LogP contribution in [0.5, 0.6) is 0 Å². The maximum Gasteiger partial charge on any atom is 0.325 e. The molecular formula is C14H20Cl2N4O2S. The number of likely N-dealkylation sites (N-methyl/N-ethyl adjacent to an activating group) is 1. The monoisotopic (exact) mass is 378 g/mol. The van der Waals surface area contributed by atoms with Gasteiger partial charge in [0.05, 0.1) is 0 Å². The molecule has 128 valence electrons. The number of hydrogen-bond acceptors (Lipinski definition) is 5. The van der Waals surface area contributed by atoms with Gasteiger partial charge in [-0.15, -0.1) is 11.6 Å². The lowest BCUT2D eigenvalue weighted by Gasteiger charge is -2.35. The molecule has 2 unspecified atom stereocenters. The minimum absolute atomic E-state index is 0.321. The number of rotatable bonds is 6. The highest BCUT2D eigenvalue weighted by atomic mass is 35.5. The van der Waals surface area contributed by atoms with Crippen LogP contribution < -0.4 is 5.32 Å². The molecule has 1 fully saturated rings. The van der Waals surface area contributed by atoms with Crippen LogP contribution in [-0.4, -0.2) is 64.3 Å². The molecule has 2 rings (SSSR count). The Hall–Kier alpha value is -0.920. The molecule has 3 amide bonds. The number of aliphatic imine (C=N–C) groups is 1. The molecular weight excluding hydrogens is 359 g/mol. The number of amidine groups is 1. The van der Waals surface area contributed by atoms with Crippen LogP contribution in [0.3, 0.4) is 0 Å². The molecule has 1 N–H and O–H groups in total. The topological polar surface area (TPSA) is 65.0 Å². The molecule has 2 atom stereocenters. The fraction of sp³-hybridized carbons (Fsp3) is 0.643. The molecule has 0 aromatic heterocycles. The molecule has 6 nitrogen and oxygen atoms in total. The van der Waals surface area contributed by atoms with Crippen molar-refractivity contribution >= 4 is 52.1 Å². The second kappa shape index (κ2) is 8.26. The highest BCUT2D eigenvalue weighted by molar-refractivity contribution is 8.13. The first kappa shape index (κ1) is 18.4. The van der Waals surface area contributed by atoms with Crippen molar-refractivity contribution in [3.05, 3.63) is 11.1 Å².